The lowest BCUT2D eigenvalue weighted by molar-refractivity contribution is 1.37. The monoisotopic (exact) mass is 261 g/mol. The lowest BCUT2D eigenvalue weighted by atomic mass is 10.1. The summed E-state index contributed by atoms with van der Waals surface area (Å²) in [4.78, 5) is 4.58. The van der Waals surface area contributed by atoms with E-state index in [-0.39, 0.29) is 0 Å². The molecule has 0 atom stereocenters. The summed E-state index contributed by atoms with van der Waals surface area (Å²) in [5.74, 6) is 0. The highest BCUT2D eigenvalue weighted by molar-refractivity contribution is 7.26. The first-order chi connectivity index (χ1) is 9.43. The van der Waals surface area contributed by atoms with E-state index in [1.54, 1.807) is 0 Å². The molecule has 0 aliphatic heterocycles. The number of hydrogen-bond acceptors (Lipinski definition) is 2. The van der Waals surface area contributed by atoms with Crippen molar-refractivity contribution in [2.45, 2.75) is 0 Å². The molecule has 1 nitrogen and oxygen atoms in total. The normalized spacial score (nSPS) is 11.2. The molecule has 2 heterocycles. The summed E-state index contributed by atoms with van der Waals surface area (Å²) in [5, 5.41) is 2.62. The number of aromatic nitrogens is 1. The average molecular weight is 261 g/mol. The van der Waals surface area contributed by atoms with Crippen LogP contribution in [0.3, 0.4) is 0 Å². The molecule has 90 valence electrons. The summed E-state index contributed by atoms with van der Waals surface area (Å²) in [6, 6.07) is 21.0. The van der Waals surface area contributed by atoms with Gasteiger partial charge in [-0.05, 0) is 12.1 Å². The molecule has 0 radical (unpaired) electrons. The average Bonchev–Trinajstić information content (AvgIpc) is 2.87. The molecular weight excluding hydrogens is 250 g/mol. The zero-order valence-electron chi connectivity index (χ0n) is 10.2. The van der Waals surface area contributed by atoms with Crippen LogP contribution in [0.4, 0.5) is 0 Å². The Bertz CT molecular complexity index is 862. The van der Waals surface area contributed by atoms with Crippen LogP contribution in [-0.4, -0.2) is 4.98 Å². The van der Waals surface area contributed by atoms with Crippen LogP contribution in [0.2, 0.25) is 0 Å². The van der Waals surface area contributed by atoms with Gasteiger partial charge in [0.15, 0.2) is 0 Å². The fraction of sp³-hybridized carbons (Fsp3) is 0. The van der Waals surface area contributed by atoms with Gasteiger partial charge in [0.1, 0.15) is 0 Å². The largest absolute Gasteiger partial charge is 0.255 e. The molecule has 4 aromatic rings. The van der Waals surface area contributed by atoms with E-state index < -0.39 is 0 Å². The summed E-state index contributed by atoms with van der Waals surface area (Å²) in [7, 11) is 0. The second-order valence-electron chi connectivity index (χ2n) is 4.50. The molecule has 0 fully saturated rings. The van der Waals surface area contributed by atoms with E-state index in [2.05, 4.69) is 59.6 Å². The highest BCUT2D eigenvalue weighted by Crippen LogP contribution is 2.38. The van der Waals surface area contributed by atoms with E-state index in [1.165, 1.54) is 25.7 Å². The van der Waals surface area contributed by atoms with E-state index in [4.69, 9.17) is 0 Å². The van der Waals surface area contributed by atoms with E-state index in [0.29, 0.717) is 0 Å². The molecule has 0 saturated heterocycles. The van der Waals surface area contributed by atoms with Crippen LogP contribution in [-0.2, 0) is 0 Å². The second-order valence-corrected chi connectivity index (χ2v) is 5.55. The predicted octanol–water partition coefficient (Wildman–Crippen LogP) is 5.12. The number of rotatable bonds is 1. The van der Waals surface area contributed by atoms with E-state index in [1.807, 2.05) is 23.6 Å². The van der Waals surface area contributed by atoms with Crippen LogP contribution in [0.1, 0.15) is 0 Å². The number of hydrogen-bond donors (Lipinski definition) is 0. The van der Waals surface area contributed by atoms with Crippen molar-refractivity contribution in [1.29, 1.82) is 0 Å². The number of pyridine rings is 1. The van der Waals surface area contributed by atoms with Crippen molar-refractivity contribution in [2.75, 3.05) is 0 Å². The van der Waals surface area contributed by atoms with E-state index in [9.17, 15) is 0 Å². The molecule has 0 N–H and O–H groups in total. The SMILES string of the molecule is c1ccc(-c2nccc3c2sc2ccccc23)cc1. The van der Waals surface area contributed by atoms with Gasteiger partial charge < -0.3 is 0 Å². The van der Waals surface area contributed by atoms with Crippen molar-refractivity contribution in [3.05, 3.63) is 66.9 Å². The van der Waals surface area contributed by atoms with Crippen molar-refractivity contribution in [3.63, 3.8) is 0 Å². The van der Waals surface area contributed by atoms with Gasteiger partial charge in [0.2, 0.25) is 0 Å². The molecule has 19 heavy (non-hydrogen) atoms. The molecular formula is C17H11NS. The van der Waals surface area contributed by atoms with Crippen molar-refractivity contribution in [3.8, 4) is 11.3 Å². The highest BCUT2D eigenvalue weighted by atomic mass is 32.1. The van der Waals surface area contributed by atoms with Gasteiger partial charge in [0, 0.05) is 27.2 Å². The van der Waals surface area contributed by atoms with Crippen LogP contribution in [0.25, 0.3) is 31.4 Å². The maximum atomic E-state index is 4.58. The zero-order chi connectivity index (χ0) is 12.7. The lowest BCUT2D eigenvalue weighted by Gasteiger charge is -2.01. The summed E-state index contributed by atoms with van der Waals surface area (Å²) in [5.41, 5.74) is 2.26. The van der Waals surface area contributed by atoms with Crippen molar-refractivity contribution >= 4 is 31.5 Å². The Hall–Kier alpha value is -2.19. The smallest absolute Gasteiger partial charge is 0.0880 e. The van der Waals surface area contributed by atoms with Gasteiger partial charge in [0.25, 0.3) is 0 Å². The zero-order valence-corrected chi connectivity index (χ0v) is 11.0. The topological polar surface area (TPSA) is 12.9 Å². The summed E-state index contributed by atoms with van der Waals surface area (Å²) in [6.07, 6.45) is 1.91. The molecule has 2 aromatic heterocycles. The first-order valence-electron chi connectivity index (χ1n) is 6.25. The number of benzene rings is 2. The van der Waals surface area contributed by atoms with Crippen LogP contribution in [0.15, 0.2) is 66.9 Å². The molecule has 2 heteroatoms. The first-order valence-corrected chi connectivity index (χ1v) is 7.07. The number of nitrogens with zero attached hydrogens (tertiary/aromatic N) is 1. The molecule has 0 saturated carbocycles. The molecule has 0 bridgehead atoms. The maximum absolute atomic E-state index is 4.58. The molecule has 0 aliphatic carbocycles. The molecule has 0 spiro atoms. The molecule has 4 rings (SSSR count). The van der Waals surface area contributed by atoms with E-state index >= 15 is 0 Å². The first kappa shape index (κ1) is 10.7. The standard InChI is InChI=1S/C17H11NS/c1-2-6-12(7-3-1)16-17-14(10-11-18-16)13-8-4-5-9-15(13)19-17/h1-11H. The van der Waals surface area contributed by atoms with Gasteiger partial charge in [-0.1, -0.05) is 48.5 Å². The van der Waals surface area contributed by atoms with Gasteiger partial charge in [-0.2, -0.15) is 0 Å². The Kier molecular flexibility index (Phi) is 2.35. The highest BCUT2D eigenvalue weighted by Gasteiger charge is 2.10. The summed E-state index contributed by atoms with van der Waals surface area (Å²) >= 11 is 1.82. The van der Waals surface area contributed by atoms with Crippen molar-refractivity contribution in [1.82, 2.24) is 4.98 Å². The summed E-state index contributed by atoms with van der Waals surface area (Å²) < 4.78 is 2.59. The fourth-order valence-corrected chi connectivity index (χ4v) is 3.66. The van der Waals surface area contributed by atoms with Gasteiger partial charge in [-0.3, -0.25) is 4.98 Å². The Balaban J connectivity index is 2.13. The molecule has 0 unspecified atom stereocenters. The summed E-state index contributed by atoms with van der Waals surface area (Å²) in [6.45, 7) is 0. The molecule has 0 aliphatic rings. The minimum Gasteiger partial charge on any atom is -0.255 e. The third kappa shape index (κ3) is 1.65. The van der Waals surface area contributed by atoms with Crippen LogP contribution in [0.5, 0.6) is 0 Å². The maximum Gasteiger partial charge on any atom is 0.0880 e. The number of thiophene rings is 1. The van der Waals surface area contributed by atoms with Gasteiger partial charge >= 0.3 is 0 Å². The Morgan fingerprint density at radius 2 is 1.53 bits per heavy atom. The van der Waals surface area contributed by atoms with Crippen LogP contribution < -0.4 is 0 Å². The predicted molar refractivity (Wildman–Crippen MR) is 82.6 cm³/mol. The van der Waals surface area contributed by atoms with Crippen LogP contribution in [0, 0.1) is 0 Å². The minimum atomic E-state index is 1.08. The van der Waals surface area contributed by atoms with Gasteiger partial charge in [0.05, 0.1) is 10.4 Å². The van der Waals surface area contributed by atoms with E-state index in [0.717, 1.165) is 5.69 Å². The van der Waals surface area contributed by atoms with Crippen molar-refractivity contribution in [2.24, 2.45) is 0 Å². The third-order valence-corrected chi connectivity index (χ3v) is 4.53. The lowest BCUT2D eigenvalue weighted by Crippen LogP contribution is -1.82. The molecule has 2 aromatic carbocycles. The second kappa shape index (κ2) is 4.18. The van der Waals surface area contributed by atoms with Gasteiger partial charge in [-0.25, -0.2) is 0 Å². The molecule has 0 amide bonds. The quantitative estimate of drug-likeness (QED) is 0.463. The Labute approximate surface area is 115 Å². The van der Waals surface area contributed by atoms with Gasteiger partial charge in [-0.15, -0.1) is 11.3 Å². The van der Waals surface area contributed by atoms with Crippen molar-refractivity contribution < 1.29 is 0 Å². The minimum absolute atomic E-state index is 1.08. The van der Waals surface area contributed by atoms with Crippen LogP contribution >= 0.6 is 11.3 Å². The Morgan fingerprint density at radius 1 is 0.737 bits per heavy atom. The fourth-order valence-electron chi connectivity index (χ4n) is 2.45. The third-order valence-electron chi connectivity index (χ3n) is 3.34. The number of fused-ring (bicyclic) bond motifs is 3. The Morgan fingerprint density at radius 3 is 2.42 bits per heavy atom.